The smallest absolute Gasteiger partial charge is 0.143 e. The van der Waals surface area contributed by atoms with Crippen LogP contribution in [0.5, 0.6) is 0 Å². The van der Waals surface area contributed by atoms with E-state index in [0.29, 0.717) is 0 Å². The highest BCUT2D eigenvalue weighted by Gasteiger charge is 2.33. The van der Waals surface area contributed by atoms with Crippen LogP contribution in [0.2, 0.25) is 5.02 Å². The number of fused-ring (bicyclic) bond motifs is 1. The molecule has 0 amide bonds. The van der Waals surface area contributed by atoms with Gasteiger partial charge in [-0.15, -0.1) is 0 Å². The van der Waals surface area contributed by atoms with Crippen LogP contribution in [-0.4, -0.2) is 11.5 Å². The Morgan fingerprint density at radius 1 is 1.30 bits per heavy atom. The lowest BCUT2D eigenvalue weighted by Crippen LogP contribution is -2.35. The Kier molecular flexibility index (Phi) is 3.17. The van der Waals surface area contributed by atoms with Crippen LogP contribution in [0.3, 0.4) is 0 Å². The van der Waals surface area contributed by atoms with Crippen molar-refractivity contribution in [3.8, 4) is 0 Å². The molecular formula is C16H16ClFN2. The summed E-state index contributed by atoms with van der Waals surface area (Å²) in [6.07, 6.45) is 2.79. The summed E-state index contributed by atoms with van der Waals surface area (Å²) in [6, 6.07) is 8.88. The molecule has 2 aromatic rings. The summed E-state index contributed by atoms with van der Waals surface area (Å²) in [6.45, 7) is 5.23. The number of rotatable bonds is 1. The molecule has 0 fully saturated rings. The Morgan fingerprint density at radius 2 is 2.10 bits per heavy atom. The first-order chi connectivity index (χ1) is 9.49. The molecule has 1 aliphatic heterocycles. The van der Waals surface area contributed by atoms with Gasteiger partial charge in [-0.3, -0.25) is 4.98 Å². The van der Waals surface area contributed by atoms with Crippen molar-refractivity contribution in [2.75, 3.05) is 11.4 Å². The van der Waals surface area contributed by atoms with Crippen LogP contribution in [-0.2, 0) is 5.41 Å². The van der Waals surface area contributed by atoms with Crippen LogP contribution in [0.4, 0.5) is 15.8 Å². The van der Waals surface area contributed by atoms with E-state index in [1.807, 2.05) is 24.4 Å². The number of pyridine rings is 1. The third-order valence-corrected chi connectivity index (χ3v) is 4.20. The first-order valence-corrected chi connectivity index (χ1v) is 7.05. The maximum absolute atomic E-state index is 13.7. The van der Waals surface area contributed by atoms with Crippen molar-refractivity contribution in [2.45, 2.75) is 25.7 Å². The number of anilines is 2. The highest BCUT2D eigenvalue weighted by molar-refractivity contribution is 6.30. The van der Waals surface area contributed by atoms with Gasteiger partial charge in [0.2, 0.25) is 0 Å². The highest BCUT2D eigenvalue weighted by atomic mass is 35.5. The van der Waals surface area contributed by atoms with Crippen LogP contribution in [0.15, 0.2) is 36.5 Å². The fourth-order valence-electron chi connectivity index (χ4n) is 2.69. The largest absolute Gasteiger partial charge is 0.340 e. The standard InChI is InChI=1S/C16H16ClFN2/c1-16(2)7-9-20(14-4-3-8-19-15(14)16)11-5-6-12(17)13(18)10-11/h3-6,8,10H,7,9H2,1-2H3. The highest BCUT2D eigenvalue weighted by Crippen LogP contribution is 2.41. The average molecular weight is 291 g/mol. The van der Waals surface area contributed by atoms with Gasteiger partial charge in [0.1, 0.15) is 5.82 Å². The van der Waals surface area contributed by atoms with Gasteiger partial charge in [0, 0.05) is 23.8 Å². The summed E-state index contributed by atoms with van der Waals surface area (Å²) in [5, 5.41) is 0.150. The fraction of sp³-hybridized carbons (Fsp3) is 0.312. The van der Waals surface area contributed by atoms with Crippen LogP contribution < -0.4 is 4.90 Å². The summed E-state index contributed by atoms with van der Waals surface area (Å²) in [7, 11) is 0. The average Bonchev–Trinajstić information content (AvgIpc) is 2.43. The summed E-state index contributed by atoms with van der Waals surface area (Å²) < 4.78 is 13.7. The van der Waals surface area contributed by atoms with Crippen LogP contribution in [0, 0.1) is 5.82 Å². The number of halogens is 2. The Bertz CT molecular complexity index is 655. The second-order valence-corrected chi connectivity index (χ2v) is 6.16. The fourth-order valence-corrected chi connectivity index (χ4v) is 2.80. The molecule has 0 bridgehead atoms. The van der Waals surface area contributed by atoms with Gasteiger partial charge in [-0.2, -0.15) is 0 Å². The molecule has 0 aliphatic carbocycles. The predicted octanol–water partition coefficient (Wildman–Crippen LogP) is 4.69. The van der Waals surface area contributed by atoms with Gasteiger partial charge in [0.15, 0.2) is 0 Å². The number of hydrogen-bond donors (Lipinski definition) is 0. The molecule has 20 heavy (non-hydrogen) atoms. The van der Waals surface area contributed by atoms with E-state index in [4.69, 9.17) is 11.6 Å². The minimum absolute atomic E-state index is 0.0397. The molecule has 1 aromatic heterocycles. The van der Waals surface area contributed by atoms with E-state index >= 15 is 0 Å². The lowest BCUT2D eigenvalue weighted by Gasteiger charge is -2.39. The number of hydrogen-bond acceptors (Lipinski definition) is 2. The van der Waals surface area contributed by atoms with Gasteiger partial charge in [0.25, 0.3) is 0 Å². The van der Waals surface area contributed by atoms with E-state index in [-0.39, 0.29) is 16.3 Å². The predicted molar refractivity (Wildman–Crippen MR) is 80.3 cm³/mol. The molecule has 0 radical (unpaired) electrons. The minimum atomic E-state index is -0.389. The van der Waals surface area contributed by atoms with Crippen molar-refractivity contribution < 1.29 is 4.39 Å². The quantitative estimate of drug-likeness (QED) is 0.757. The third kappa shape index (κ3) is 2.16. The third-order valence-electron chi connectivity index (χ3n) is 3.89. The lowest BCUT2D eigenvalue weighted by molar-refractivity contribution is 0.452. The zero-order valence-electron chi connectivity index (χ0n) is 11.5. The summed E-state index contributed by atoms with van der Waals surface area (Å²) in [5.74, 6) is -0.389. The molecule has 104 valence electrons. The van der Waals surface area contributed by atoms with Crippen molar-refractivity contribution >= 4 is 23.0 Å². The molecule has 0 saturated heterocycles. The lowest BCUT2D eigenvalue weighted by atomic mass is 9.81. The van der Waals surface area contributed by atoms with Crippen molar-refractivity contribution in [1.82, 2.24) is 4.98 Å². The summed E-state index contributed by atoms with van der Waals surface area (Å²) in [5.41, 5.74) is 2.96. The van der Waals surface area contributed by atoms with Crippen molar-refractivity contribution in [1.29, 1.82) is 0 Å². The van der Waals surface area contributed by atoms with Gasteiger partial charge in [-0.05, 0) is 36.8 Å². The first-order valence-electron chi connectivity index (χ1n) is 6.67. The van der Waals surface area contributed by atoms with E-state index in [1.165, 1.54) is 6.07 Å². The zero-order valence-corrected chi connectivity index (χ0v) is 12.3. The Labute approximate surface area is 123 Å². The van der Waals surface area contributed by atoms with Crippen molar-refractivity contribution in [2.24, 2.45) is 0 Å². The summed E-state index contributed by atoms with van der Waals surface area (Å²) >= 11 is 5.76. The Morgan fingerprint density at radius 3 is 2.85 bits per heavy atom. The van der Waals surface area contributed by atoms with Gasteiger partial charge in [-0.1, -0.05) is 25.4 Å². The van der Waals surface area contributed by atoms with Gasteiger partial charge < -0.3 is 4.90 Å². The second-order valence-electron chi connectivity index (χ2n) is 5.76. The van der Waals surface area contributed by atoms with Gasteiger partial charge in [-0.25, -0.2) is 4.39 Å². The normalized spacial score (nSPS) is 16.9. The molecule has 0 saturated carbocycles. The molecule has 1 aromatic carbocycles. The minimum Gasteiger partial charge on any atom is -0.340 e. The number of benzene rings is 1. The van der Waals surface area contributed by atoms with Crippen molar-refractivity contribution in [3.63, 3.8) is 0 Å². The van der Waals surface area contributed by atoms with Crippen LogP contribution >= 0.6 is 11.6 Å². The molecule has 4 heteroatoms. The molecule has 0 N–H and O–H groups in total. The van der Waals surface area contributed by atoms with E-state index in [9.17, 15) is 4.39 Å². The van der Waals surface area contributed by atoms with E-state index in [0.717, 1.165) is 30.0 Å². The van der Waals surface area contributed by atoms with E-state index < -0.39 is 0 Å². The van der Waals surface area contributed by atoms with Crippen LogP contribution in [0.25, 0.3) is 0 Å². The maximum Gasteiger partial charge on any atom is 0.143 e. The SMILES string of the molecule is CC1(C)CCN(c2ccc(Cl)c(F)c2)c2cccnc21. The topological polar surface area (TPSA) is 16.1 Å². The van der Waals surface area contributed by atoms with Gasteiger partial charge in [0.05, 0.1) is 16.4 Å². The molecule has 2 heterocycles. The number of aromatic nitrogens is 1. The molecule has 0 atom stereocenters. The zero-order chi connectivity index (χ0) is 14.3. The molecule has 1 aliphatic rings. The maximum atomic E-state index is 13.7. The number of nitrogens with zero attached hydrogens (tertiary/aromatic N) is 2. The Hall–Kier alpha value is -1.61. The van der Waals surface area contributed by atoms with E-state index in [1.54, 1.807) is 6.07 Å². The van der Waals surface area contributed by atoms with E-state index in [2.05, 4.69) is 23.7 Å². The molecule has 0 unspecified atom stereocenters. The van der Waals surface area contributed by atoms with Gasteiger partial charge >= 0.3 is 0 Å². The Balaban J connectivity index is 2.10. The molecule has 2 nitrogen and oxygen atoms in total. The molecule has 0 spiro atoms. The summed E-state index contributed by atoms with van der Waals surface area (Å²) in [4.78, 5) is 6.63. The monoisotopic (exact) mass is 290 g/mol. The van der Waals surface area contributed by atoms with Crippen molar-refractivity contribution in [3.05, 3.63) is 53.1 Å². The van der Waals surface area contributed by atoms with Crippen LogP contribution in [0.1, 0.15) is 26.0 Å². The second kappa shape index (κ2) is 4.74. The molecule has 3 rings (SSSR count). The first kappa shape index (κ1) is 13.4. The molecular weight excluding hydrogens is 275 g/mol.